The summed E-state index contributed by atoms with van der Waals surface area (Å²) in [6.45, 7) is 3.75. The third-order valence-corrected chi connectivity index (χ3v) is 3.38. The summed E-state index contributed by atoms with van der Waals surface area (Å²) >= 11 is 5.96. The van der Waals surface area contributed by atoms with E-state index < -0.39 is 11.4 Å². The van der Waals surface area contributed by atoms with Crippen LogP contribution in [0.25, 0.3) is 0 Å². The van der Waals surface area contributed by atoms with E-state index in [9.17, 15) is 9.90 Å². The summed E-state index contributed by atoms with van der Waals surface area (Å²) in [6.07, 6.45) is 1.86. The number of carboxylic acid groups (broad SMARTS) is 1. The molecule has 0 amide bonds. The molecule has 1 atom stereocenters. The van der Waals surface area contributed by atoms with Gasteiger partial charge in [0.2, 0.25) is 0 Å². The fourth-order valence-electron chi connectivity index (χ4n) is 2.13. The molecule has 0 fully saturated rings. The van der Waals surface area contributed by atoms with Crippen LogP contribution in [0, 0.1) is 5.41 Å². The van der Waals surface area contributed by atoms with Crippen molar-refractivity contribution in [1.29, 1.82) is 0 Å². The Bertz CT molecular complexity index is 431. The van der Waals surface area contributed by atoms with E-state index in [-0.39, 0.29) is 0 Å². The van der Waals surface area contributed by atoms with E-state index in [1.54, 1.807) is 32.2 Å². The standard InChI is InChI=1S/C14H19ClO3/c1-4-7-14(2,13(16)17)9-10-8-11(15)5-6-12(10)18-3/h5-6,8H,4,7,9H2,1-3H3,(H,16,17). The molecule has 100 valence electrons. The maximum atomic E-state index is 11.4. The van der Waals surface area contributed by atoms with Gasteiger partial charge in [0, 0.05) is 5.02 Å². The Morgan fingerprint density at radius 3 is 2.67 bits per heavy atom. The van der Waals surface area contributed by atoms with Gasteiger partial charge in [-0.2, -0.15) is 0 Å². The van der Waals surface area contributed by atoms with Crippen LogP contribution in [0.3, 0.4) is 0 Å². The lowest BCUT2D eigenvalue weighted by Crippen LogP contribution is -2.30. The van der Waals surface area contributed by atoms with Gasteiger partial charge in [-0.05, 0) is 43.5 Å². The number of carboxylic acids is 1. The van der Waals surface area contributed by atoms with Crippen molar-refractivity contribution in [2.75, 3.05) is 7.11 Å². The topological polar surface area (TPSA) is 46.5 Å². The summed E-state index contributed by atoms with van der Waals surface area (Å²) in [5, 5.41) is 9.98. The van der Waals surface area contributed by atoms with Crippen LogP contribution in [0.4, 0.5) is 0 Å². The van der Waals surface area contributed by atoms with Crippen molar-refractivity contribution in [3.05, 3.63) is 28.8 Å². The highest BCUT2D eigenvalue weighted by Gasteiger charge is 2.33. The summed E-state index contributed by atoms with van der Waals surface area (Å²) in [5.41, 5.74) is 0.0514. The molecule has 18 heavy (non-hydrogen) atoms. The van der Waals surface area contributed by atoms with E-state index in [1.165, 1.54) is 0 Å². The van der Waals surface area contributed by atoms with Gasteiger partial charge in [0.05, 0.1) is 12.5 Å². The van der Waals surface area contributed by atoms with E-state index in [1.807, 2.05) is 6.92 Å². The van der Waals surface area contributed by atoms with Gasteiger partial charge in [-0.25, -0.2) is 0 Å². The number of halogens is 1. The molecule has 1 N–H and O–H groups in total. The molecule has 1 aromatic rings. The zero-order valence-electron chi connectivity index (χ0n) is 11.0. The molecule has 0 aliphatic carbocycles. The second-order valence-electron chi connectivity index (χ2n) is 4.75. The van der Waals surface area contributed by atoms with Gasteiger partial charge in [0.1, 0.15) is 5.75 Å². The molecular weight excluding hydrogens is 252 g/mol. The van der Waals surface area contributed by atoms with Crippen LogP contribution < -0.4 is 4.74 Å². The Morgan fingerprint density at radius 2 is 2.17 bits per heavy atom. The lowest BCUT2D eigenvalue weighted by molar-refractivity contribution is -0.148. The average molecular weight is 271 g/mol. The van der Waals surface area contributed by atoms with Gasteiger partial charge in [-0.3, -0.25) is 4.79 Å². The number of carbonyl (C=O) groups is 1. The quantitative estimate of drug-likeness (QED) is 0.856. The number of aliphatic carboxylic acids is 1. The molecule has 0 bridgehead atoms. The molecule has 0 spiro atoms. The van der Waals surface area contributed by atoms with E-state index in [4.69, 9.17) is 16.3 Å². The van der Waals surface area contributed by atoms with Crippen molar-refractivity contribution in [2.24, 2.45) is 5.41 Å². The van der Waals surface area contributed by atoms with Crippen LogP contribution in [-0.2, 0) is 11.2 Å². The first kappa shape index (κ1) is 14.8. The van der Waals surface area contributed by atoms with Crippen molar-refractivity contribution >= 4 is 17.6 Å². The van der Waals surface area contributed by atoms with E-state index in [0.717, 1.165) is 12.0 Å². The number of benzene rings is 1. The third kappa shape index (κ3) is 3.39. The van der Waals surface area contributed by atoms with Gasteiger partial charge in [0.15, 0.2) is 0 Å². The number of hydrogen-bond acceptors (Lipinski definition) is 2. The molecule has 0 aliphatic rings. The molecule has 0 saturated heterocycles. The minimum atomic E-state index is -0.786. The molecule has 0 heterocycles. The predicted octanol–water partition coefficient (Wildman–Crippen LogP) is 3.78. The molecule has 1 aromatic carbocycles. The zero-order valence-corrected chi connectivity index (χ0v) is 11.8. The SMILES string of the molecule is CCCC(C)(Cc1cc(Cl)ccc1OC)C(=O)O. The first-order chi connectivity index (χ1) is 8.42. The first-order valence-electron chi connectivity index (χ1n) is 5.98. The Labute approximate surface area is 113 Å². The summed E-state index contributed by atoms with van der Waals surface area (Å²) in [5.74, 6) is -0.102. The highest BCUT2D eigenvalue weighted by molar-refractivity contribution is 6.30. The molecule has 3 nitrogen and oxygen atoms in total. The molecule has 1 unspecified atom stereocenters. The second kappa shape index (κ2) is 6.10. The highest BCUT2D eigenvalue weighted by Crippen LogP contribution is 2.33. The molecular formula is C14H19ClO3. The first-order valence-corrected chi connectivity index (χ1v) is 6.36. The van der Waals surface area contributed by atoms with Crippen LogP contribution in [0.15, 0.2) is 18.2 Å². The smallest absolute Gasteiger partial charge is 0.309 e. The Balaban J connectivity index is 3.07. The van der Waals surface area contributed by atoms with E-state index >= 15 is 0 Å². The van der Waals surface area contributed by atoms with Gasteiger partial charge in [-0.15, -0.1) is 0 Å². The van der Waals surface area contributed by atoms with Crippen molar-refractivity contribution in [3.8, 4) is 5.75 Å². The lowest BCUT2D eigenvalue weighted by Gasteiger charge is -2.25. The Hall–Kier alpha value is -1.22. The molecule has 0 aromatic heterocycles. The van der Waals surface area contributed by atoms with Crippen molar-refractivity contribution in [2.45, 2.75) is 33.1 Å². The van der Waals surface area contributed by atoms with Gasteiger partial charge in [0.25, 0.3) is 0 Å². The predicted molar refractivity (Wildman–Crippen MR) is 72.4 cm³/mol. The number of methoxy groups -OCH3 is 1. The summed E-state index contributed by atoms with van der Waals surface area (Å²) in [7, 11) is 1.57. The fourth-order valence-corrected chi connectivity index (χ4v) is 2.32. The zero-order chi connectivity index (χ0) is 13.8. The van der Waals surface area contributed by atoms with E-state index in [0.29, 0.717) is 23.6 Å². The summed E-state index contributed by atoms with van der Waals surface area (Å²) < 4.78 is 5.25. The Morgan fingerprint density at radius 1 is 1.50 bits per heavy atom. The third-order valence-electron chi connectivity index (χ3n) is 3.14. The average Bonchev–Trinajstić information content (AvgIpc) is 2.29. The van der Waals surface area contributed by atoms with Gasteiger partial charge in [-0.1, -0.05) is 24.9 Å². The fraction of sp³-hybridized carbons (Fsp3) is 0.500. The van der Waals surface area contributed by atoms with Crippen LogP contribution in [-0.4, -0.2) is 18.2 Å². The second-order valence-corrected chi connectivity index (χ2v) is 5.19. The highest BCUT2D eigenvalue weighted by atomic mass is 35.5. The largest absolute Gasteiger partial charge is 0.496 e. The number of ether oxygens (including phenoxy) is 1. The Kier molecular flexibility index (Phi) is 5.03. The minimum absolute atomic E-state index is 0.417. The lowest BCUT2D eigenvalue weighted by atomic mass is 9.79. The maximum Gasteiger partial charge on any atom is 0.309 e. The van der Waals surface area contributed by atoms with Crippen molar-refractivity contribution in [1.82, 2.24) is 0 Å². The van der Waals surface area contributed by atoms with Crippen LogP contribution >= 0.6 is 11.6 Å². The van der Waals surface area contributed by atoms with Crippen molar-refractivity contribution < 1.29 is 14.6 Å². The summed E-state index contributed by atoms with van der Waals surface area (Å²) in [6, 6.07) is 5.28. The number of hydrogen-bond donors (Lipinski definition) is 1. The van der Waals surface area contributed by atoms with Crippen molar-refractivity contribution in [3.63, 3.8) is 0 Å². The van der Waals surface area contributed by atoms with E-state index in [2.05, 4.69) is 0 Å². The van der Waals surface area contributed by atoms with Gasteiger partial charge < -0.3 is 9.84 Å². The summed E-state index contributed by atoms with van der Waals surface area (Å²) in [4.78, 5) is 11.4. The molecule has 0 radical (unpaired) electrons. The minimum Gasteiger partial charge on any atom is -0.496 e. The number of rotatable bonds is 6. The monoisotopic (exact) mass is 270 g/mol. The van der Waals surface area contributed by atoms with Crippen LogP contribution in [0.1, 0.15) is 32.3 Å². The maximum absolute atomic E-state index is 11.4. The van der Waals surface area contributed by atoms with Crippen LogP contribution in [0.5, 0.6) is 5.75 Å². The molecule has 1 rings (SSSR count). The molecule has 4 heteroatoms. The molecule has 0 aliphatic heterocycles. The van der Waals surface area contributed by atoms with Gasteiger partial charge >= 0.3 is 5.97 Å². The van der Waals surface area contributed by atoms with Crippen LogP contribution in [0.2, 0.25) is 5.02 Å². The normalized spacial score (nSPS) is 14.0. The molecule has 0 saturated carbocycles.